The number of benzene rings is 6. The molecule has 7 aromatic rings. The Morgan fingerprint density at radius 3 is 2.13 bits per heavy atom. The third-order valence-corrected chi connectivity index (χ3v) is 11.2. The molecule has 0 bridgehead atoms. The fraction of sp³-hybridized carbons (Fsp3) is 0.130. The molecule has 0 spiro atoms. The summed E-state index contributed by atoms with van der Waals surface area (Å²) in [4.78, 5) is 13.1. The molecule has 4 aliphatic heterocycles. The highest BCUT2D eigenvalue weighted by atomic mass is 15.3. The number of nitrogens with one attached hydrogen (secondary N) is 3. The standard InChI is InChI=1S/C46H37N7/c1-3-11-31(12-4-1)43-49-44(32-13-5-2-6-14-32)51-45(50-43)33-20-18-29(19-21-33)30-22-24-34(25-23-30)53-42-37-27-52-28-39(52)40(37)35-15-7-8-16-36(35)41(42)48-46(53)38-17-9-10-26-47-38/h1-26,38-39,43,45,47,50H,27-28H2,(H,49,51). The SMILES string of the molecule is C1=CNC(c2nc3c4ccccc4c4c(c3n2-c2ccc(-c3ccc(C5N=C(c6ccccc6)NC(c6ccccc6)N5)cc3)cc2)CN2CC42)C=C1. The minimum absolute atomic E-state index is 0.0274. The Bertz CT molecular complexity index is 2600. The minimum atomic E-state index is -0.196. The van der Waals surface area contributed by atoms with E-state index in [4.69, 9.17) is 9.98 Å². The molecule has 5 unspecified atom stereocenters. The van der Waals surface area contributed by atoms with Crippen molar-refractivity contribution in [2.24, 2.45) is 4.99 Å². The first-order valence-corrected chi connectivity index (χ1v) is 18.5. The summed E-state index contributed by atoms with van der Waals surface area (Å²) in [7, 11) is 0. The summed E-state index contributed by atoms with van der Waals surface area (Å²) < 4.78 is 2.41. The van der Waals surface area contributed by atoms with Gasteiger partial charge in [0.25, 0.3) is 0 Å². The Balaban J connectivity index is 0.955. The fourth-order valence-electron chi connectivity index (χ4n) is 8.51. The van der Waals surface area contributed by atoms with Crippen LogP contribution in [-0.2, 0) is 6.54 Å². The van der Waals surface area contributed by atoms with Crippen molar-refractivity contribution in [3.05, 3.63) is 192 Å². The predicted molar refractivity (Wildman–Crippen MR) is 212 cm³/mol. The molecule has 1 fully saturated rings. The average Bonchev–Trinajstić information content (AvgIpc) is 3.71. The Morgan fingerprint density at radius 1 is 0.660 bits per heavy atom. The third kappa shape index (κ3) is 5.11. The number of amidine groups is 1. The van der Waals surface area contributed by atoms with E-state index in [-0.39, 0.29) is 18.4 Å². The van der Waals surface area contributed by atoms with Gasteiger partial charge in [-0.05, 0) is 63.2 Å². The Labute approximate surface area is 308 Å². The number of hydrogen-bond acceptors (Lipinski definition) is 6. The summed E-state index contributed by atoms with van der Waals surface area (Å²) >= 11 is 0. The van der Waals surface area contributed by atoms with Crippen LogP contribution < -0.4 is 16.0 Å². The molecule has 53 heavy (non-hydrogen) atoms. The molecular weight excluding hydrogens is 651 g/mol. The summed E-state index contributed by atoms with van der Waals surface area (Å²) in [6.07, 6.45) is 8.09. The van der Waals surface area contributed by atoms with Gasteiger partial charge in [-0.1, -0.05) is 133 Å². The van der Waals surface area contributed by atoms with Crippen molar-refractivity contribution in [3.63, 3.8) is 0 Å². The van der Waals surface area contributed by atoms with Crippen LogP contribution in [0.4, 0.5) is 0 Å². The lowest BCUT2D eigenvalue weighted by molar-refractivity contribution is 0.409. The zero-order valence-corrected chi connectivity index (χ0v) is 29.0. The van der Waals surface area contributed by atoms with Crippen molar-refractivity contribution in [1.29, 1.82) is 0 Å². The van der Waals surface area contributed by atoms with Crippen LogP contribution in [0.2, 0.25) is 0 Å². The maximum Gasteiger partial charge on any atom is 0.141 e. The van der Waals surface area contributed by atoms with Gasteiger partial charge in [0.05, 0.1) is 11.0 Å². The molecular formula is C46H37N7. The van der Waals surface area contributed by atoms with E-state index in [1.54, 1.807) is 0 Å². The van der Waals surface area contributed by atoms with Crippen LogP contribution in [0, 0.1) is 0 Å². The Hall–Kier alpha value is -6.28. The quantitative estimate of drug-likeness (QED) is 0.153. The van der Waals surface area contributed by atoms with Crippen molar-refractivity contribution < 1.29 is 0 Å². The molecule has 0 amide bonds. The van der Waals surface area contributed by atoms with Crippen LogP contribution >= 0.6 is 0 Å². The molecule has 1 saturated heterocycles. The number of hydrogen-bond donors (Lipinski definition) is 3. The van der Waals surface area contributed by atoms with Gasteiger partial charge in [-0.2, -0.15) is 0 Å². The first-order valence-electron chi connectivity index (χ1n) is 18.5. The minimum Gasteiger partial charge on any atom is -0.378 e. The topological polar surface area (TPSA) is 69.3 Å². The van der Waals surface area contributed by atoms with Crippen LogP contribution in [0.5, 0.6) is 0 Å². The number of rotatable bonds is 6. The lowest BCUT2D eigenvalue weighted by atomic mass is 9.95. The number of fused-ring (bicyclic) bond motifs is 8. The number of imidazole rings is 1. The normalized spacial score (nSPS) is 22.6. The van der Waals surface area contributed by atoms with Crippen LogP contribution in [0.15, 0.2) is 163 Å². The zero-order valence-electron chi connectivity index (χ0n) is 29.0. The van der Waals surface area contributed by atoms with Crippen LogP contribution in [0.1, 0.15) is 58.1 Å². The highest BCUT2D eigenvalue weighted by Gasteiger charge is 2.45. The molecule has 0 radical (unpaired) electrons. The lowest BCUT2D eigenvalue weighted by Crippen LogP contribution is -2.44. The molecule has 5 heterocycles. The van der Waals surface area contributed by atoms with E-state index < -0.39 is 0 Å². The number of allylic oxidation sites excluding steroid dienone is 2. The highest BCUT2D eigenvalue weighted by Crippen LogP contribution is 2.51. The summed E-state index contributed by atoms with van der Waals surface area (Å²) in [5, 5.41) is 13.5. The summed E-state index contributed by atoms with van der Waals surface area (Å²) in [5.41, 5.74) is 12.0. The second-order valence-corrected chi connectivity index (χ2v) is 14.3. The Morgan fingerprint density at radius 2 is 1.38 bits per heavy atom. The smallest absolute Gasteiger partial charge is 0.141 e. The second kappa shape index (κ2) is 12.2. The molecule has 4 aliphatic rings. The molecule has 11 rings (SSSR count). The molecule has 0 aliphatic carbocycles. The van der Waals surface area contributed by atoms with Gasteiger partial charge in [0.1, 0.15) is 30.0 Å². The van der Waals surface area contributed by atoms with E-state index in [1.165, 1.54) is 44.1 Å². The lowest BCUT2D eigenvalue weighted by Gasteiger charge is -2.32. The molecule has 7 nitrogen and oxygen atoms in total. The van der Waals surface area contributed by atoms with Crippen LogP contribution in [0.3, 0.4) is 0 Å². The van der Waals surface area contributed by atoms with Gasteiger partial charge in [0.2, 0.25) is 0 Å². The first kappa shape index (κ1) is 30.4. The van der Waals surface area contributed by atoms with E-state index >= 15 is 0 Å². The zero-order chi connectivity index (χ0) is 34.9. The van der Waals surface area contributed by atoms with Crippen LogP contribution in [0.25, 0.3) is 38.6 Å². The largest absolute Gasteiger partial charge is 0.378 e. The van der Waals surface area contributed by atoms with E-state index in [2.05, 4.69) is 165 Å². The summed E-state index contributed by atoms with van der Waals surface area (Å²) in [6.45, 7) is 2.12. The predicted octanol–water partition coefficient (Wildman–Crippen LogP) is 8.77. The molecule has 5 atom stereocenters. The molecule has 6 aromatic carbocycles. The fourth-order valence-corrected chi connectivity index (χ4v) is 8.51. The molecule has 256 valence electrons. The number of aliphatic imine (C=N–C) groups is 1. The maximum absolute atomic E-state index is 5.42. The Kier molecular flexibility index (Phi) is 6.96. The molecule has 1 aromatic heterocycles. The van der Waals surface area contributed by atoms with Gasteiger partial charge >= 0.3 is 0 Å². The third-order valence-electron chi connectivity index (χ3n) is 11.2. The van der Waals surface area contributed by atoms with E-state index in [0.717, 1.165) is 47.1 Å². The second-order valence-electron chi connectivity index (χ2n) is 14.3. The monoisotopic (exact) mass is 687 g/mol. The van der Waals surface area contributed by atoms with Crippen molar-refractivity contribution >= 4 is 27.6 Å². The average molecular weight is 688 g/mol. The van der Waals surface area contributed by atoms with Gasteiger partial charge < -0.3 is 10.6 Å². The number of nitrogens with zero attached hydrogens (tertiary/aromatic N) is 4. The van der Waals surface area contributed by atoms with E-state index in [0.29, 0.717) is 6.04 Å². The van der Waals surface area contributed by atoms with Crippen LogP contribution in [-0.4, -0.2) is 26.8 Å². The van der Waals surface area contributed by atoms with E-state index in [9.17, 15) is 0 Å². The van der Waals surface area contributed by atoms with Gasteiger partial charge in [-0.15, -0.1) is 0 Å². The maximum atomic E-state index is 5.42. The van der Waals surface area contributed by atoms with Crippen molar-refractivity contribution in [2.45, 2.75) is 31.0 Å². The highest BCUT2D eigenvalue weighted by molar-refractivity contribution is 6.09. The number of dihydropyridines is 1. The number of aromatic nitrogens is 2. The van der Waals surface area contributed by atoms with Crippen molar-refractivity contribution in [2.75, 3.05) is 6.54 Å². The van der Waals surface area contributed by atoms with Gasteiger partial charge in [-0.25, -0.2) is 9.98 Å². The summed E-state index contributed by atoms with van der Waals surface area (Å²) in [5.74, 6) is 1.89. The summed E-state index contributed by atoms with van der Waals surface area (Å²) in [6, 6.07) is 48.0. The molecule has 7 heteroatoms. The molecule has 3 N–H and O–H groups in total. The van der Waals surface area contributed by atoms with Gasteiger partial charge in [0.15, 0.2) is 0 Å². The van der Waals surface area contributed by atoms with E-state index in [1.807, 2.05) is 18.3 Å². The van der Waals surface area contributed by atoms with Gasteiger partial charge in [-0.3, -0.25) is 14.8 Å². The van der Waals surface area contributed by atoms with Crippen molar-refractivity contribution in [3.8, 4) is 16.8 Å². The first-order chi connectivity index (χ1) is 26.3. The molecule has 0 saturated carbocycles. The van der Waals surface area contributed by atoms with Crippen molar-refractivity contribution in [1.82, 2.24) is 30.4 Å². The van der Waals surface area contributed by atoms with Gasteiger partial charge in [0, 0.05) is 35.8 Å².